The van der Waals surface area contributed by atoms with Crippen molar-refractivity contribution in [1.29, 1.82) is 0 Å². The molecule has 2 N–H and O–H groups in total. The minimum Gasteiger partial charge on any atom is -0.350 e. The second-order valence-electron chi connectivity index (χ2n) is 5.41. The van der Waals surface area contributed by atoms with Crippen LogP contribution in [0.5, 0.6) is 0 Å². The average molecular weight is 266 g/mol. The van der Waals surface area contributed by atoms with Gasteiger partial charge in [-0.25, -0.2) is 4.39 Å². The summed E-state index contributed by atoms with van der Waals surface area (Å²) >= 11 is 0. The lowest BCUT2D eigenvalue weighted by molar-refractivity contribution is -0.122. The summed E-state index contributed by atoms with van der Waals surface area (Å²) in [5.41, 5.74) is 0.366. The van der Waals surface area contributed by atoms with Crippen LogP contribution in [0.4, 0.5) is 4.39 Å². The average Bonchev–Trinajstić information content (AvgIpc) is 2.36. The highest BCUT2D eigenvalue weighted by Crippen LogP contribution is 2.15. The number of carbonyl (C=O) groups is 1. The van der Waals surface area contributed by atoms with Gasteiger partial charge in [-0.05, 0) is 33.3 Å². The van der Waals surface area contributed by atoms with Crippen LogP contribution in [0.3, 0.4) is 0 Å². The topological polar surface area (TPSA) is 41.1 Å². The lowest BCUT2D eigenvalue weighted by atomic mass is 10.0. The minimum atomic E-state index is -0.253. The molecule has 0 fully saturated rings. The Kier molecular flexibility index (Phi) is 5.48. The SMILES string of the molecule is CCC(C)(C)NC(=O)CN[C@H](C)c1ccccc1F. The van der Waals surface area contributed by atoms with Gasteiger partial charge in [0.25, 0.3) is 0 Å². The van der Waals surface area contributed by atoms with E-state index in [-0.39, 0.29) is 29.8 Å². The van der Waals surface area contributed by atoms with Crippen LogP contribution in [0.2, 0.25) is 0 Å². The number of amides is 1. The lowest BCUT2D eigenvalue weighted by Gasteiger charge is -2.25. The molecule has 0 aliphatic heterocycles. The van der Waals surface area contributed by atoms with Crippen molar-refractivity contribution in [2.75, 3.05) is 6.54 Å². The highest BCUT2D eigenvalue weighted by molar-refractivity contribution is 5.78. The summed E-state index contributed by atoms with van der Waals surface area (Å²) in [7, 11) is 0. The molecule has 0 aliphatic carbocycles. The standard InChI is InChI=1S/C15H23FN2O/c1-5-15(3,4)18-14(19)10-17-11(2)12-8-6-7-9-13(12)16/h6-9,11,17H,5,10H2,1-4H3,(H,18,19)/t11-/m1/s1. The fourth-order valence-electron chi connectivity index (χ4n) is 1.69. The molecule has 0 aliphatic rings. The van der Waals surface area contributed by atoms with Gasteiger partial charge >= 0.3 is 0 Å². The van der Waals surface area contributed by atoms with Crippen LogP contribution in [0.1, 0.15) is 45.7 Å². The second kappa shape index (κ2) is 6.66. The highest BCUT2D eigenvalue weighted by atomic mass is 19.1. The van der Waals surface area contributed by atoms with Crippen molar-refractivity contribution >= 4 is 5.91 Å². The van der Waals surface area contributed by atoms with Gasteiger partial charge in [-0.3, -0.25) is 4.79 Å². The number of rotatable bonds is 6. The molecular formula is C15H23FN2O. The molecule has 0 saturated carbocycles. The Morgan fingerprint density at radius 1 is 1.37 bits per heavy atom. The van der Waals surface area contributed by atoms with E-state index in [0.717, 1.165) is 6.42 Å². The van der Waals surface area contributed by atoms with Gasteiger partial charge in [0.1, 0.15) is 5.82 Å². The van der Waals surface area contributed by atoms with E-state index in [1.165, 1.54) is 6.07 Å². The summed E-state index contributed by atoms with van der Waals surface area (Å²) in [4.78, 5) is 11.8. The molecule has 1 rings (SSSR count). The number of nitrogens with one attached hydrogen (secondary N) is 2. The van der Waals surface area contributed by atoms with E-state index in [1.54, 1.807) is 18.2 Å². The van der Waals surface area contributed by atoms with Gasteiger partial charge in [0, 0.05) is 17.1 Å². The monoisotopic (exact) mass is 266 g/mol. The minimum absolute atomic E-state index is 0.0740. The summed E-state index contributed by atoms with van der Waals surface area (Å²) in [6.07, 6.45) is 0.863. The quantitative estimate of drug-likeness (QED) is 0.831. The van der Waals surface area contributed by atoms with Crippen molar-refractivity contribution in [2.45, 2.75) is 45.7 Å². The zero-order chi connectivity index (χ0) is 14.5. The van der Waals surface area contributed by atoms with Crippen LogP contribution < -0.4 is 10.6 Å². The highest BCUT2D eigenvalue weighted by Gasteiger charge is 2.18. The van der Waals surface area contributed by atoms with Crippen molar-refractivity contribution in [3.8, 4) is 0 Å². The van der Waals surface area contributed by atoms with Gasteiger partial charge in [-0.2, -0.15) is 0 Å². The Morgan fingerprint density at radius 2 is 2.00 bits per heavy atom. The molecule has 0 radical (unpaired) electrons. The number of hydrogen-bond acceptors (Lipinski definition) is 2. The van der Waals surface area contributed by atoms with Crippen LogP contribution in [-0.4, -0.2) is 18.0 Å². The smallest absolute Gasteiger partial charge is 0.234 e. The van der Waals surface area contributed by atoms with Crippen molar-refractivity contribution in [3.05, 3.63) is 35.6 Å². The molecule has 19 heavy (non-hydrogen) atoms. The van der Waals surface area contributed by atoms with Crippen LogP contribution in [0.25, 0.3) is 0 Å². The normalized spacial score (nSPS) is 13.1. The van der Waals surface area contributed by atoms with Crippen molar-refractivity contribution in [2.24, 2.45) is 0 Å². The number of benzene rings is 1. The van der Waals surface area contributed by atoms with E-state index < -0.39 is 0 Å². The third-order valence-corrected chi connectivity index (χ3v) is 3.30. The molecule has 3 nitrogen and oxygen atoms in total. The van der Waals surface area contributed by atoms with Crippen molar-refractivity contribution in [3.63, 3.8) is 0 Å². The molecule has 0 unspecified atom stereocenters. The third kappa shape index (κ3) is 4.99. The maximum Gasteiger partial charge on any atom is 0.234 e. The van der Waals surface area contributed by atoms with E-state index in [9.17, 15) is 9.18 Å². The molecule has 106 valence electrons. The number of carbonyl (C=O) groups excluding carboxylic acids is 1. The number of hydrogen-bond donors (Lipinski definition) is 2. The van der Waals surface area contributed by atoms with Crippen LogP contribution in [-0.2, 0) is 4.79 Å². The van der Waals surface area contributed by atoms with Crippen LogP contribution in [0, 0.1) is 5.82 Å². The molecule has 1 aromatic rings. The molecule has 0 heterocycles. The van der Waals surface area contributed by atoms with Gasteiger partial charge < -0.3 is 10.6 Å². The fourth-order valence-corrected chi connectivity index (χ4v) is 1.69. The third-order valence-electron chi connectivity index (χ3n) is 3.30. The first-order chi connectivity index (χ1) is 8.85. The summed E-state index contributed by atoms with van der Waals surface area (Å²) in [6, 6.07) is 6.39. The number of halogens is 1. The molecule has 0 bridgehead atoms. The molecule has 0 saturated heterocycles. The van der Waals surface area contributed by atoms with Crippen LogP contribution in [0.15, 0.2) is 24.3 Å². The van der Waals surface area contributed by atoms with Gasteiger partial charge in [-0.15, -0.1) is 0 Å². The Bertz CT molecular complexity index is 432. The largest absolute Gasteiger partial charge is 0.350 e. The molecular weight excluding hydrogens is 243 g/mol. The summed E-state index contributed by atoms with van der Waals surface area (Å²) in [5.74, 6) is -0.327. The molecule has 1 aromatic carbocycles. The zero-order valence-corrected chi connectivity index (χ0v) is 12.1. The van der Waals surface area contributed by atoms with Gasteiger partial charge in [0.15, 0.2) is 0 Å². The molecule has 0 aromatic heterocycles. The fraction of sp³-hybridized carbons (Fsp3) is 0.533. The van der Waals surface area contributed by atoms with E-state index >= 15 is 0 Å². The van der Waals surface area contributed by atoms with Gasteiger partial charge in [0.05, 0.1) is 6.54 Å². The summed E-state index contributed by atoms with van der Waals surface area (Å²) in [6.45, 7) is 8.00. The summed E-state index contributed by atoms with van der Waals surface area (Å²) < 4.78 is 13.5. The lowest BCUT2D eigenvalue weighted by Crippen LogP contribution is -2.46. The zero-order valence-electron chi connectivity index (χ0n) is 12.1. The van der Waals surface area contributed by atoms with Gasteiger partial charge in [0.2, 0.25) is 5.91 Å². The van der Waals surface area contributed by atoms with Crippen molar-refractivity contribution < 1.29 is 9.18 Å². The maximum atomic E-state index is 13.5. The second-order valence-corrected chi connectivity index (χ2v) is 5.41. The predicted octanol–water partition coefficient (Wildman–Crippen LogP) is 2.78. The Balaban J connectivity index is 2.49. The maximum absolute atomic E-state index is 13.5. The Morgan fingerprint density at radius 3 is 2.58 bits per heavy atom. The van der Waals surface area contributed by atoms with E-state index in [4.69, 9.17) is 0 Å². The van der Waals surface area contributed by atoms with Crippen molar-refractivity contribution in [1.82, 2.24) is 10.6 Å². The predicted molar refractivity (Wildman–Crippen MR) is 75.3 cm³/mol. The van der Waals surface area contributed by atoms with Crippen LogP contribution >= 0.6 is 0 Å². The molecule has 1 amide bonds. The molecule has 1 atom stereocenters. The van der Waals surface area contributed by atoms with E-state index in [2.05, 4.69) is 10.6 Å². The molecule has 0 spiro atoms. The first-order valence-electron chi connectivity index (χ1n) is 6.64. The first kappa shape index (κ1) is 15.6. The van der Waals surface area contributed by atoms with E-state index in [0.29, 0.717) is 5.56 Å². The Hall–Kier alpha value is -1.42. The molecule has 4 heteroatoms. The first-order valence-corrected chi connectivity index (χ1v) is 6.64. The van der Waals surface area contributed by atoms with Gasteiger partial charge in [-0.1, -0.05) is 25.1 Å². The Labute approximate surface area is 114 Å². The summed E-state index contributed by atoms with van der Waals surface area (Å²) in [5, 5.41) is 5.97. The van der Waals surface area contributed by atoms with E-state index in [1.807, 2.05) is 27.7 Å².